The average Bonchev–Trinajstić information content (AvgIpc) is 3.43. The van der Waals surface area contributed by atoms with Crippen LogP contribution in [0.4, 0.5) is 11.4 Å². The molecule has 3 aliphatic rings. The van der Waals surface area contributed by atoms with E-state index in [1.54, 1.807) is 0 Å². The highest BCUT2D eigenvalue weighted by atomic mass is 32.1. The lowest BCUT2D eigenvalue weighted by Gasteiger charge is -2.37. The van der Waals surface area contributed by atoms with Crippen molar-refractivity contribution in [2.75, 3.05) is 4.90 Å². The van der Waals surface area contributed by atoms with Crippen molar-refractivity contribution >= 4 is 67.1 Å². The third-order valence-corrected chi connectivity index (χ3v) is 10.2. The molecule has 1 fully saturated rings. The van der Waals surface area contributed by atoms with Gasteiger partial charge >= 0.3 is 0 Å². The van der Waals surface area contributed by atoms with Crippen LogP contribution in [0.3, 0.4) is 0 Å². The smallest absolute Gasteiger partial charge is 0.0543 e. The summed E-state index contributed by atoms with van der Waals surface area (Å²) < 4.78 is 0. The number of rotatable bonds is 2. The van der Waals surface area contributed by atoms with E-state index >= 15 is 0 Å². The molecule has 0 atom stereocenters. The number of anilines is 2. The van der Waals surface area contributed by atoms with Crippen LogP contribution in [0, 0.1) is 0 Å². The van der Waals surface area contributed by atoms with Gasteiger partial charge in [0.1, 0.15) is 0 Å². The molecule has 5 aromatic carbocycles. The van der Waals surface area contributed by atoms with Gasteiger partial charge in [-0.2, -0.15) is 0 Å². The maximum absolute atomic E-state index is 5.97. The molecule has 5 aromatic rings. The van der Waals surface area contributed by atoms with E-state index in [1.165, 1.54) is 63.4 Å². The average molecular weight is 564 g/mol. The van der Waals surface area contributed by atoms with Crippen molar-refractivity contribution in [2.45, 2.75) is 37.5 Å². The van der Waals surface area contributed by atoms with Crippen molar-refractivity contribution < 1.29 is 0 Å². The maximum Gasteiger partial charge on any atom is 0.0543 e. The Morgan fingerprint density at radius 1 is 0.610 bits per heavy atom. The van der Waals surface area contributed by atoms with Crippen LogP contribution in [0.15, 0.2) is 127 Å². The summed E-state index contributed by atoms with van der Waals surface area (Å²) in [7, 11) is 0. The number of benzene rings is 5. The predicted octanol–water partition coefficient (Wildman–Crippen LogP) is 10.3. The van der Waals surface area contributed by atoms with E-state index in [1.807, 2.05) is 12.1 Å². The second-order valence-electron chi connectivity index (χ2n) is 11.5. The van der Waals surface area contributed by atoms with Gasteiger partial charge in [-0.15, -0.1) is 0 Å². The molecular weight excluding hydrogens is 535 g/mol. The molecule has 0 radical (unpaired) electrons. The lowest BCUT2D eigenvalue weighted by molar-refractivity contribution is 0.349. The van der Waals surface area contributed by atoms with Gasteiger partial charge in [-0.25, -0.2) is 0 Å². The summed E-state index contributed by atoms with van der Waals surface area (Å²) in [5.41, 5.74) is 8.41. The van der Waals surface area contributed by atoms with E-state index in [0.717, 1.165) is 39.3 Å². The first-order valence-electron chi connectivity index (χ1n) is 14.6. The number of fused-ring (bicyclic) bond motifs is 6. The third-order valence-electron chi connectivity index (χ3n) is 9.37. The van der Waals surface area contributed by atoms with Crippen LogP contribution in [0.5, 0.6) is 0 Å². The van der Waals surface area contributed by atoms with Gasteiger partial charge in [-0.3, -0.25) is 0 Å². The summed E-state index contributed by atoms with van der Waals surface area (Å²) in [6.07, 6.45) is 10.6. The van der Waals surface area contributed by atoms with E-state index in [2.05, 4.69) is 108 Å². The Bertz CT molecular complexity index is 1930. The third kappa shape index (κ3) is 3.72. The Balaban J connectivity index is 1.39. The minimum Gasteiger partial charge on any atom is -0.313 e. The van der Waals surface area contributed by atoms with Gasteiger partial charge in [0.05, 0.1) is 15.4 Å². The Morgan fingerprint density at radius 3 is 2.00 bits per heavy atom. The lowest BCUT2D eigenvalue weighted by atomic mass is 9.67. The molecule has 41 heavy (non-hydrogen) atoms. The molecule has 3 heteroatoms. The van der Waals surface area contributed by atoms with Crippen molar-refractivity contribution in [3.8, 4) is 0 Å². The minimum absolute atomic E-state index is 0.0636. The quantitative estimate of drug-likeness (QED) is 0.155. The Labute approximate surface area is 251 Å². The lowest BCUT2D eigenvalue weighted by Crippen LogP contribution is -2.32. The molecule has 2 aliphatic carbocycles. The summed E-state index contributed by atoms with van der Waals surface area (Å²) in [4.78, 5) is 4.25. The molecule has 1 heterocycles. The largest absolute Gasteiger partial charge is 0.313 e. The summed E-state index contributed by atoms with van der Waals surface area (Å²) in [6.45, 7) is 0. The van der Waals surface area contributed by atoms with Gasteiger partial charge in [0, 0.05) is 33.5 Å². The SMILES string of the molecule is S=C1C(=C/C=C2\N(c3ccc4ccccc4c3)c3ccc4ccccc4c3C23CCCCC3)C(=S)c2ccccc21. The van der Waals surface area contributed by atoms with Crippen LogP contribution < -0.4 is 4.90 Å². The van der Waals surface area contributed by atoms with E-state index in [0.29, 0.717) is 0 Å². The summed E-state index contributed by atoms with van der Waals surface area (Å²) >= 11 is 11.9. The van der Waals surface area contributed by atoms with Crippen molar-refractivity contribution in [3.05, 3.63) is 143 Å². The van der Waals surface area contributed by atoms with Crippen molar-refractivity contribution in [1.82, 2.24) is 0 Å². The summed E-state index contributed by atoms with van der Waals surface area (Å²) in [5, 5.41) is 5.19. The molecule has 8 rings (SSSR count). The van der Waals surface area contributed by atoms with Crippen molar-refractivity contribution in [2.24, 2.45) is 0 Å². The van der Waals surface area contributed by atoms with E-state index < -0.39 is 0 Å². The van der Waals surface area contributed by atoms with Gasteiger partial charge in [-0.1, -0.05) is 135 Å². The van der Waals surface area contributed by atoms with Crippen LogP contribution in [0.25, 0.3) is 21.5 Å². The van der Waals surface area contributed by atoms with Crippen molar-refractivity contribution in [3.63, 3.8) is 0 Å². The number of nitrogens with zero attached hydrogens (tertiary/aromatic N) is 1. The van der Waals surface area contributed by atoms with Crippen LogP contribution in [-0.2, 0) is 5.41 Å². The second-order valence-corrected chi connectivity index (χ2v) is 12.3. The minimum atomic E-state index is -0.0636. The monoisotopic (exact) mass is 563 g/mol. The first-order valence-corrected chi connectivity index (χ1v) is 15.4. The molecule has 1 nitrogen and oxygen atoms in total. The Kier molecular flexibility index (Phi) is 5.80. The van der Waals surface area contributed by atoms with E-state index in [9.17, 15) is 0 Å². The highest BCUT2D eigenvalue weighted by molar-refractivity contribution is 7.84. The molecule has 1 saturated carbocycles. The molecule has 1 aliphatic heterocycles. The molecule has 0 amide bonds. The van der Waals surface area contributed by atoms with Gasteiger partial charge in [0.2, 0.25) is 0 Å². The normalized spacial score (nSPS) is 18.5. The van der Waals surface area contributed by atoms with Gasteiger partial charge in [0.25, 0.3) is 0 Å². The second kappa shape index (κ2) is 9.58. The molecule has 0 saturated heterocycles. The molecule has 1 spiro atoms. The fraction of sp³-hybridized carbons (Fsp3) is 0.158. The molecule has 0 unspecified atom stereocenters. The van der Waals surface area contributed by atoms with Gasteiger partial charge in [0.15, 0.2) is 0 Å². The fourth-order valence-corrected chi connectivity index (χ4v) is 8.26. The first-order chi connectivity index (χ1) is 20.2. The maximum atomic E-state index is 5.97. The highest BCUT2D eigenvalue weighted by Gasteiger charge is 2.49. The number of hydrogen-bond acceptors (Lipinski definition) is 3. The first kappa shape index (κ1) is 24.8. The predicted molar refractivity (Wildman–Crippen MR) is 181 cm³/mol. The zero-order valence-corrected chi connectivity index (χ0v) is 24.4. The number of thiocarbonyl (C=S) groups is 2. The zero-order chi connectivity index (χ0) is 27.6. The number of hydrogen-bond donors (Lipinski definition) is 0. The van der Waals surface area contributed by atoms with Crippen molar-refractivity contribution in [1.29, 1.82) is 0 Å². The van der Waals surface area contributed by atoms with Crippen LogP contribution in [0.2, 0.25) is 0 Å². The van der Waals surface area contributed by atoms with Gasteiger partial charge < -0.3 is 4.90 Å². The zero-order valence-electron chi connectivity index (χ0n) is 22.8. The Morgan fingerprint density at radius 2 is 1.24 bits per heavy atom. The molecular formula is C38H29NS2. The topological polar surface area (TPSA) is 3.24 Å². The van der Waals surface area contributed by atoms with Crippen LogP contribution >= 0.6 is 24.4 Å². The highest BCUT2D eigenvalue weighted by Crippen LogP contribution is 2.59. The molecule has 0 aromatic heterocycles. The molecule has 198 valence electrons. The summed E-state index contributed by atoms with van der Waals surface area (Å²) in [5.74, 6) is 0. The fourth-order valence-electron chi connectivity index (χ4n) is 7.50. The summed E-state index contributed by atoms with van der Waals surface area (Å²) in [6, 6.07) is 37.4. The standard InChI is InChI=1S/C38H29NS2/c40-36-30-14-6-7-15-31(30)37(41)32(36)19-21-34-38(22-8-1-9-23-38)35-29-13-5-4-11-26(29)17-20-33(35)39(34)28-18-16-25-10-2-3-12-27(25)24-28/h2-7,10-21,24H,1,8-9,22-23H2/b34-21-. The van der Waals surface area contributed by atoms with E-state index in [4.69, 9.17) is 24.4 Å². The Hall–Kier alpha value is -3.92. The van der Waals surface area contributed by atoms with Crippen LogP contribution in [0.1, 0.15) is 48.8 Å². The van der Waals surface area contributed by atoms with Crippen LogP contribution in [-0.4, -0.2) is 9.73 Å². The molecule has 0 N–H and O–H groups in total. The van der Waals surface area contributed by atoms with Gasteiger partial charge in [-0.05, 0) is 64.2 Å². The number of allylic oxidation sites excluding steroid dienone is 4. The van der Waals surface area contributed by atoms with E-state index in [-0.39, 0.29) is 5.41 Å². The molecule has 0 bridgehead atoms.